The molecule has 1 saturated carbocycles. The van der Waals surface area contributed by atoms with Crippen molar-refractivity contribution in [3.8, 4) is 0 Å². The molecule has 2 saturated heterocycles. The second kappa shape index (κ2) is 7.88. The van der Waals surface area contributed by atoms with Gasteiger partial charge >= 0.3 is 0 Å². The SMILES string of the molecule is CC(=O)N1C[C@H](COCC2CC2)C2(CCN(Cc3cccc(F)c3)CC2)C1. The highest BCUT2D eigenvalue weighted by Gasteiger charge is 2.48. The van der Waals surface area contributed by atoms with Gasteiger partial charge in [-0.2, -0.15) is 0 Å². The van der Waals surface area contributed by atoms with Gasteiger partial charge in [0.15, 0.2) is 0 Å². The van der Waals surface area contributed by atoms with Crippen molar-refractivity contribution in [2.75, 3.05) is 39.4 Å². The summed E-state index contributed by atoms with van der Waals surface area (Å²) in [6.45, 7) is 7.86. The minimum atomic E-state index is -0.165. The van der Waals surface area contributed by atoms with Gasteiger partial charge in [-0.3, -0.25) is 9.69 Å². The fraction of sp³-hybridized carbons (Fsp3) is 0.682. The van der Waals surface area contributed by atoms with Gasteiger partial charge in [0.1, 0.15) is 5.82 Å². The Labute approximate surface area is 161 Å². The minimum Gasteiger partial charge on any atom is -0.381 e. The van der Waals surface area contributed by atoms with E-state index in [0.29, 0.717) is 5.92 Å². The van der Waals surface area contributed by atoms with Gasteiger partial charge in [-0.05, 0) is 67.8 Å². The zero-order valence-corrected chi connectivity index (χ0v) is 16.3. The maximum Gasteiger partial charge on any atom is 0.219 e. The Hall–Kier alpha value is -1.46. The van der Waals surface area contributed by atoms with E-state index in [0.717, 1.165) is 70.3 Å². The average molecular weight is 375 g/mol. The number of hydrogen-bond acceptors (Lipinski definition) is 3. The normalized spacial score (nSPS) is 25.3. The Morgan fingerprint density at radius 3 is 2.70 bits per heavy atom. The number of rotatable bonds is 6. The molecule has 1 aromatic carbocycles. The first-order valence-electron chi connectivity index (χ1n) is 10.3. The first kappa shape index (κ1) is 18.9. The molecule has 27 heavy (non-hydrogen) atoms. The Balaban J connectivity index is 1.36. The largest absolute Gasteiger partial charge is 0.381 e. The van der Waals surface area contributed by atoms with Gasteiger partial charge in [-0.25, -0.2) is 4.39 Å². The van der Waals surface area contributed by atoms with Crippen LogP contribution >= 0.6 is 0 Å². The van der Waals surface area contributed by atoms with Crippen LogP contribution in [-0.4, -0.2) is 55.1 Å². The number of carbonyl (C=O) groups is 1. The van der Waals surface area contributed by atoms with Crippen molar-refractivity contribution in [2.45, 2.75) is 39.2 Å². The van der Waals surface area contributed by atoms with Gasteiger partial charge in [0.25, 0.3) is 0 Å². The predicted octanol–water partition coefficient (Wildman–Crippen LogP) is 3.31. The van der Waals surface area contributed by atoms with Crippen LogP contribution in [0.1, 0.15) is 38.2 Å². The quantitative estimate of drug-likeness (QED) is 0.766. The van der Waals surface area contributed by atoms with E-state index in [1.165, 1.54) is 18.9 Å². The summed E-state index contributed by atoms with van der Waals surface area (Å²) >= 11 is 0. The third-order valence-electron chi connectivity index (χ3n) is 6.77. The standard InChI is InChI=1S/C22H31FN2O2/c1-17(26)25-13-20(15-27-14-18-5-6-18)22(16-25)7-9-24(10-8-22)12-19-3-2-4-21(23)11-19/h2-4,11,18,20H,5-10,12-16H2,1H3/t20-/m1/s1. The number of halogens is 1. The summed E-state index contributed by atoms with van der Waals surface area (Å²) < 4.78 is 19.5. The molecule has 1 spiro atoms. The van der Waals surface area contributed by atoms with Crippen LogP contribution < -0.4 is 0 Å². The number of ether oxygens (including phenoxy) is 1. The molecule has 148 valence electrons. The Bertz CT molecular complexity index is 668. The zero-order chi connectivity index (χ0) is 18.9. The van der Waals surface area contributed by atoms with Crippen molar-refractivity contribution < 1.29 is 13.9 Å². The molecule has 3 aliphatic rings. The molecule has 2 aliphatic heterocycles. The molecule has 1 amide bonds. The smallest absolute Gasteiger partial charge is 0.219 e. The maximum atomic E-state index is 13.4. The van der Waals surface area contributed by atoms with Crippen molar-refractivity contribution in [1.82, 2.24) is 9.80 Å². The number of benzene rings is 1. The molecule has 4 nitrogen and oxygen atoms in total. The molecule has 0 bridgehead atoms. The van der Waals surface area contributed by atoms with Crippen LogP contribution in [0.4, 0.5) is 4.39 Å². The summed E-state index contributed by atoms with van der Waals surface area (Å²) in [6.07, 6.45) is 4.79. The van der Waals surface area contributed by atoms with Gasteiger partial charge in [0.2, 0.25) is 5.91 Å². The Morgan fingerprint density at radius 2 is 2.04 bits per heavy atom. The molecule has 0 N–H and O–H groups in total. The fourth-order valence-electron chi connectivity index (χ4n) is 4.78. The summed E-state index contributed by atoms with van der Waals surface area (Å²) in [5.74, 6) is 1.24. The number of carbonyl (C=O) groups excluding carboxylic acids is 1. The number of nitrogens with zero attached hydrogens (tertiary/aromatic N) is 2. The van der Waals surface area contributed by atoms with Gasteiger partial charge in [0, 0.05) is 39.1 Å². The molecule has 0 radical (unpaired) electrons. The lowest BCUT2D eigenvalue weighted by Crippen LogP contribution is -2.45. The average Bonchev–Trinajstić information content (AvgIpc) is 3.39. The number of likely N-dealkylation sites (tertiary alicyclic amines) is 2. The minimum absolute atomic E-state index is 0.165. The topological polar surface area (TPSA) is 32.8 Å². The summed E-state index contributed by atoms with van der Waals surface area (Å²) in [4.78, 5) is 16.4. The molecular weight excluding hydrogens is 343 g/mol. The van der Waals surface area contributed by atoms with E-state index >= 15 is 0 Å². The van der Waals surface area contributed by atoms with E-state index < -0.39 is 0 Å². The molecule has 1 atom stereocenters. The summed E-state index contributed by atoms with van der Waals surface area (Å²) in [5.41, 5.74) is 1.22. The van der Waals surface area contributed by atoms with Crippen LogP contribution in [0.5, 0.6) is 0 Å². The van der Waals surface area contributed by atoms with Gasteiger partial charge in [-0.15, -0.1) is 0 Å². The molecule has 3 fully saturated rings. The molecule has 0 unspecified atom stereocenters. The highest BCUT2D eigenvalue weighted by Crippen LogP contribution is 2.45. The third-order valence-corrected chi connectivity index (χ3v) is 6.77. The maximum absolute atomic E-state index is 13.4. The lowest BCUT2D eigenvalue weighted by atomic mass is 9.71. The molecule has 4 rings (SSSR count). The predicted molar refractivity (Wildman–Crippen MR) is 103 cm³/mol. The first-order valence-corrected chi connectivity index (χ1v) is 10.3. The van der Waals surface area contributed by atoms with Crippen molar-refractivity contribution in [1.29, 1.82) is 0 Å². The summed E-state index contributed by atoms with van der Waals surface area (Å²) in [6, 6.07) is 6.90. The van der Waals surface area contributed by atoms with E-state index in [2.05, 4.69) is 4.90 Å². The van der Waals surface area contributed by atoms with Crippen LogP contribution in [0, 0.1) is 23.1 Å². The lowest BCUT2D eigenvalue weighted by Gasteiger charge is -2.42. The van der Waals surface area contributed by atoms with Gasteiger partial charge < -0.3 is 9.64 Å². The number of hydrogen-bond donors (Lipinski definition) is 0. The fourth-order valence-corrected chi connectivity index (χ4v) is 4.78. The van der Waals surface area contributed by atoms with Crippen molar-refractivity contribution >= 4 is 5.91 Å². The van der Waals surface area contributed by atoms with Crippen LogP contribution in [0.15, 0.2) is 24.3 Å². The van der Waals surface area contributed by atoms with Gasteiger partial charge in [0.05, 0.1) is 6.61 Å². The Kier molecular flexibility index (Phi) is 5.51. The van der Waals surface area contributed by atoms with Gasteiger partial charge in [-0.1, -0.05) is 12.1 Å². The van der Waals surface area contributed by atoms with Crippen molar-refractivity contribution in [3.05, 3.63) is 35.6 Å². The number of amides is 1. The second-order valence-electron chi connectivity index (χ2n) is 8.85. The lowest BCUT2D eigenvalue weighted by molar-refractivity contribution is -0.128. The summed E-state index contributed by atoms with van der Waals surface area (Å²) in [7, 11) is 0. The van der Waals surface area contributed by atoms with Crippen LogP contribution in [0.25, 0.3) is 0 Å². The van der Waals surface area contributed by atoms with Crippen LogP contribution in [0.3, 0.4) is 0 Å². The van der Waals surface area contributed by atoms with E-state index in [4.69, 9.17) is 4.74 Å². The van der Waals surface area contributed by atoms with Crippen molar-refractivity contribution in [2.24, 2.45) is 17.3 Å². The highest BCUT2D eigenvalue weighted by atomic mass is 19.1. The Morgan fingerprint density at radius 1 is 1.26 bits per heavy atom. The molecule has 1 aliphatic carbocycles. The van der Waals surface area contributed by atoms with Crippen LogP contribution in [-0.2, 0) is 16.1 Å². The molecule has 2 heterocycles. The highest BCUT2D eigenvalue weighted by molar-refractivity contribution is 5.73. The molecule has 0 aromatic heterocycles. The van der Waals surface area contributed by atoms with E-state index in [9.17, 15) is 9.18 Å². The second-order valence-corrected chi connectivity index (χ2v) is 8.85. The van der Waals surface area contributed by atoms with E-state index in [1.54, 1.807) is 19.1 Å². The molecular formula is C22H31FN2O2. The van der Waals surface area contributed by atoms with E-state index in [-0.39, 0.29) is 17.1 Å². The van der Waals surface area contributed by atoms with Crippen molar-refractivity contribution in [3.63, 3.8) is 0 Å². The number of piperidine rings is 1. The van der Waals surface area contributed by atoms with E-state index in [1.807, 2.05) is 11.0 Å². The molecule has 5 heteroatoms. The first-order chi connectivity index (χ1) is 13.0. The monoisotopic (exact) mass is 374 g/mol. The zero-order valence-electron chi connectivity index (χ0n) is 16.3. The summed E-state index contributed by atoms with van der Waals surface area (Å²) in [5, 5.41) is 0. The molecule has 1 aromatic rings. The van der Waals surface area contributed by atoms with Crippen LogP contribution in [0.2, 0.25) is 0 Å². The third kappa shape index (κ3) is 4.52.